The fourth-order valence-corrected chi connectivity index (χ4v) is 4.13. The number of likely N-dealkylation sites (N-methyl/N-ethyl adjacent to an activating group) is 1. The zero-order chi connectivity index (χ0) is 38.2. The predicted molar refractivity (Wildman–Crippen MR) is 223 cm³/mol. The van der Waals surface area contributed by atoms with Crippen molar-refractivity contribution < 1.29 is 0 Å². The Hall–Kier alpha value is -0.280. The lowest BCUT2D eigenvalue weighted by Gasteiger charge is -2.34. The molecule has 0 atom stereocenters. The summed E-state index contributed by atoms with van der Waals surface area (Å²) in [7, 11) is 8.32. The predicted octanol–water partition coefficient (Wildman–Crippen LogP) is 8.38. The summed E-state index contributed by atoms with van der Waals surface area (Å²) < 4.78 is 0. The third-order valence-electron chi connectivity index (χ3n) is 8.57. The van der Waals surface area contributed by atoms with Gasteiger partial charge >= 0.3 is 0 Å². The Morgan fingerprint density at radius 3 is 0.958 bits per heavy atom. The van der Waals surface area contributed by atoms with Gasteiger partial charge in [0.1, 0.15) is 0 Å². The first kappa shape index (κ1) is 54.5. The van der Waals surface area contributed by atoms with Crippen LogP contribution in [0.3, 0.4) is 0 Å². The molecule has 7 heteroatoms. The lowest BCUT2D eigenvalue weighted by atomic mass is 10.1. The summed E-state index contributed by atoms with van der Waals surface area (Å²) >= 11 is 0. The van der Waals surface area contributed by atoms with Crippen molar-refractivity contribution in [3.63, 3.8) is 0 Å². The fraction of sp³-hybridized carbons (Fsp3) is 1.00. The highest BCUT2D eigenvalue weighted by atomic mass is 15.2. The molecule has 7 nitrogen and oxygen atoms in total. The normalized spacial score (nSPS) is 16.7. The highest BCUT2D eigenvalue weighted by Gasteiger charge is 2.15. The summed E-state index contributed by atoms with van der Waals surface area (Å²) in [6.07, 6.45) is 9.83. The zero-order valence-corrected chi connectivity index (χ0v) is 37.0. The minimum absolute atomic E-state index is 0.333. The summed E-state index contributed by atoms with van der Waals surface area (Å²) in [4.78, 5) is 11.9. The van der Waals surface area contributed by atoms with E-state index in [1.807, 2.05) is 13.8 Å². The Kier molecular flexibility index (Phi) is 41.4. The lowest BCUT2D eigenvalue weighted by molar-refractivity contribution is 0.138. The van der Waals surface area contributed by atoms with E-state index in [0.717, 1.165) is 37.1 Å². The lowest BCUT2D eigenvalue weighted by Crippen LogP contribution is -2.41. The molecule has 0 spiro atoms. The van der Waals surface area contributed by atoms with Crippen molar-refractivity contribution in [2.75, 3.05) is 80.5 Å². The van der Waals surface area contributed by atoms with E-state index in [1.54, 1.807) is 0 Å². The maximum absolute atomic E-state index is 5.11. The van der Waals surface area contributed by atoms with Crippen LogP contribution < -0.4 is 11.1 Å². The van der Waals surface area contributed by atoms with Gasteiger partial charge in [-0.25, -0.2) is 0 Å². The second-order valence-corrected chi connectivity index (χ2v) is 16.5. The molecule has 0 unspecified atom stereocenters. The van der Waals surface area contributed by atoms with Crippen molar-refractivity contribution in [2.45, 2.75) is 185 Å². The van der Waals surface area contributed by atoms with Crippen LogP contribution in [0.5, 0.6) is 0 Å². The van der Waals surface area contributed by atoms with Crippen LogP contribution in [0.2, 0.25) is 0 Å². The molecule has 3 heterocycles. The van der Waals surface area contributed by atoms with E-state index in [0.29, 0.717) is 18.1 Å². The van der Waals surface area contributed by atoms with E-state index in [4.69, 9.17) is 5.73 Å². The molecule has 0 aliphatic carbocycles. The van der Waals surface area contributed by atoms with Crippen LogP contribution in [0.25, 0.3) is 0 Å². The molecule has 0 bridgehead atoms. The van der Waals surface area contributed by atoms with Crippen molar-refractivity contribution in [1.29, 1.82) is 0 Å². The highest BCUT2D eigenvalue weighted by Crippen LogP contribution is 2.11. The Bertz CT molecular complexity index is 571. The molecule has 0 aromatic carbocycles. The van der Waals surface area contributed by atoms with Gasteiger partial charge in [0.05, 0.1) is 0 Å². The standard InChI is InChI=1S/C8H17N.C7H18N2.C7H15N.C6H13N.C5H13N.C5H12.C3H9N/c1-8(2)9-6-4-3-5-7-9;1-7(2)8-5-6-9(3)4;1-7(2)8-5-3-4-6-8;1-6(2)7-4-3-5-7;1-5(2)6(3)4;1-4-5(2)3;1-3(2)4/h8H,3-7H2,1-2H3;7-8H,5-6H2,1-4H3;7H,3-6H2,1-2H3;6H,3-5H2,1-2H3;5H,1-4H3;5H,4H2,1-3H3;3H,4H2,1-2H3. The largest absolute Gasteiger partial charge is 0.328 e. The Morgan fingerprint density at radius 1 is 0.542 bits per heavy atom. The minimum Gasteiger partial charge on any atom is -0.328 e. The molecule has 0 aromatic rings. The molecule has 0 aromatic heterocycles. The summed E-state index contributed by atoms with van der Waals surface area (Å²) in [5.41, 5.74) is 5.11. The molecule has 3 aliphatic rings. The van der Waals surface area contributed by atoms with Crippen LogP contribution in [0.15, 0.2) is 0 Å². The molecule has 3 N–H and O–H groups in total. The summed E-state index contributed by atoms with van der Waals surface area (Å²) in [5.74, 6) is 0.884. The van der Waals surface area contributed by atoms with Gasteiger partial charge < -0.3 is 35.6 Å². The second-order valence-electron chi connectivity index (χ2n) is 16.5. The van der Waals surface area contributed by atoms with E-state index in [-0.39, 0.29) is 0 Å². The first-order valence-corrected chi connectivity index (χ1v) is 20.2. The Balaban J connectivity index is -0.000000239. The Morgan fingerprint density at radius 2 is 0.812 bits per heavy atom. The van der Waals surface area contributed by atoms with E-state index < -0.39 is 0 Å². The number of hydrogen-bond acceptors (Lipinski definition) is 7. The van der Waals surface area contributed by atoms with Gasteiger partial charge in [0.2, 0.25) is 0 Å². The van der Waals surface area contributed by atoms with Gasteiger partial charge in [-0.15, -0.1) is 0 Å². The first-order chi connectivity index (χ1) is 22.2. The van der Waals surface area contributed by atoms with Gasteiger partial charge in [-0.05, 0) is 167 Å². The molecular formula is C41H97N7. The molecular weight excluding hydrogens is 591 g/mol. The first-order valence-electron chi connectivity index (χ1n) is 20.2. The molecule has 3 aliphatic heterocycles. The van der Waals surface area contributed by atoms with Crippen LogP contribution in [0.1, 0.15) is 149 Å². The highest BCUT2D eigenvalue weighted by molar-refractivity contribution is 4.71. The van der Waals surface area contributed by atoms with Crippen LogP contribution in [-0.4, -0.2) is 141 Å². The molecule has 48 heavy (non-hydrogen) atoms. The molecule has 0 saturated carbocycles. The van der Waals surface area contributed by atoms with Gasteiger partial charge in [0, 0.05) is 43.3 Å². The monoisotopic (exact) mass is 688 g/mol. The molecule has 3 fully saturated rings. The third kappa shape index (κ3) is 45.7. The number of piperidine rings is 1. The molecule has 0 amide bonds. The van der Waals surface area contributed by atoms with E-state index in [9.17, 15) is 0 Å². The molecule has 296 valence electrons. The van der Waals surface area contributed by atoms with Crippen LogP contribution in [0.4, 0.5) is 0 Å². The Labute approximate surface area is 306 Å². The van der Waals surface area contributed by atoms with E-state index >= 15 is 0 Å². The maximum Gasteiger partial charge on any atom is 0.0101 e. The van der Waals surface area contributed by atoms with Crippen LogP contribution in [0, 0.1) is 5.92 Å². The quantitative estimate of drug-likeness (QED) is 0.253. The molecule has 3 saturated heterocycles. The smallest absolute Gasteiger partial charge is 0.0101 e. The van der Waals surface area contributed by atoms with Crippen molar-refractivity contribution in [1.82, 2.24) is 29.8 Å². The van der Waals surface area contributed by atoms with Gasteiger partial charge in [0.15, 0.2) is 0 Å². The maximum atomic E-state index is 5.11. The number of nitrogens with one attached hydrogen (secondary N) is 1. The van der Waals surface area contributed by atoms with Gasteiger partial charge in [-0.2, -0.15) is 0 Å². The van der Waals surface area contributed by atoms with Crippen molar-refractivity contribution in [3.8, 4) is 0 Å². The second kappa shape index (κ2) is 36.5. The van der Waals surface area contributed by atoms with Crippen LogP contribution >= 0.6 is 0 Å². The van der Waals surface area contributed by atoms with Crippen molar-refractivity contribution in [2.24, 2.45) is 11.7 Å². The number of likely N-dealkylation sites (tertiary alicyclic amines) is 3. The van der Waals surface area contributed by atoms with Gasteiger partial charge in [-0.3, -0.25) is 0 Å². The minimum atomic E-state index is 0.333. The summed E-state index contributed by atoms with van der Waals surface area (Å²) in [6.45, 7) is 43.0. The van der Waals surface area contributed by atoms with Crippen molar-refractivity contribution in [3.05, 3.63) is 0 Å². The fourth-order valence-electron chi connectivity index (χ4n) is 4.13. The average molecular weight is 688 g/mol. The third-order valence-corrected chi connectivity index (χ3v) is 8.57. The average Bonchev–Trinajstić information content (AvgIpc) is 3.49. The number of rotatable bonds is 9. The molecule has 3 rings (SSSR count). The van der Waals surface area contributed by atoms with E-state index in [2.05, 4.69) is 148 Å². The number of hydrogen-bond donors (Lipinski definition) is 2. The van der Waals surface area contributed by atoms with Crippen molar-refractivity contribution >= 4 is 0 Å². The summed E-state index contributed by atoms with van der Waals surface area (Å²) in [6, 6.07) is 3.96. The van der Waals surface area contributed by atoms with Gasteiger partial charge in [-0.1, -0.05) is 61.3 Å². The number of nitrogens with two attached hydrogens (primary N) is 1. The topological polar surface area (TPSA) is 54.3 Å². The van der Waals surface area contributed by atoms with Gasteiger partial charge in [0.25, 0.3) is 0 Å². The van der Waals surface area contributed by atoms with Crippen LogP contribution in [-0.2, 0) is 0 Å². The van der Waals surface area contributed by atoms with E-state index in [1.165, 1.54) is 84.2 Å². The molecule has 0 radical (unpaired) electrons. The zero-order valence-electron chi connectivity index (χ0n) is 37.0. The number of nitrogens with zero attached hydrogens (tertiary/aromatic N) is 5. The SMILES string of the molecule is CC(C)N.CC(C)N(C)C.CC(C)N1CCC1.CC(C)N1CCCC1.CC(C)N1CCCCC1.CC(C)NCCN(C)C.CCC(C)C. The summed E-state index contributed by atoms with van der Waals surface area (Å²) in [5, 5.41) is 3.34.